The Morgan fingerprint density at radius 2 is 1.52 bits per heavy atom. The number of nitrogens with two attached hydrogens (primary N) is 1. The van der Waals surface area contributed by atoms with Crippen LogP contribution in [-0.4, -0.2) is 36.6 Å². The molecule has 2 rings (SSSR count). The van der Waals surface area contributed by atoms with E-state index in [0.717, 1.165) is 11.0 Å². The number of carbonyl (C=O) groups excluding carboxylic acids is 2. The fourth-order valence-corrected chi connectivity index (χ4v) is 3.67. The molecule has 11 heteroatoms. The van der Waals surface area contributed by atoms with Gasteiger partial charge in [0.15, 0.2) is 0 Å². The van der Waals surface area contributed by atoms with Crippen molar-refractivity contribution in [3.63, 3.8) is 0 Å². The van der Waals surface area contributed by atoms with Crippen LogP contribution < -0.4 is 15.8 Å². The average Bonchev–Trinajstić information content (AvgIpc) is 2.69. The Bertz CT molecular complexity index is 1110. The van der Waals surface area contributed by atoms with Gasteiger partial charge in [-0.15, -0.1) is 11.8 Å². The third-order valence-corrected chi connectivity index (χ3v) is 5.98. The first-order valence-corrected chi connectivity index (χ1v) is 11.3. The molecule has 2 amide bonds. The lowest BCUT2D eigenvalue weighted by Crippen LogP contribution is -2.22. The maximum absolute atomic E-state index is 12.4. The highest BCUT2D eigenvalue weighted by Crippen LogP contribution is 2.26. The van der Waals surface area contributed by atoms with Gasteiger partial charge in [0.1, 0.15) is 0 Å². The van der Waals surface area contributed by atoms with Gasteiger partial charge < -0.3 is 15.7 Å². The summed E-state index contributed by atoms with van der Waals surface area (Å²) in [6.07, 6.45) is 0.993. The molecule has 0 aliphatic rings. The lowest BCUT2D eigenvalue weighted by Gasteiger charge is -2.13. The number of carboxylic acid groups (broad SMARTS) is 1. The number of benzene rings is 2. The molecule has 0 radical (unpaired) electrons. The Morgan fingerprint density at radius 1 is 1.00 bits per heavy atom. The van der Waals surface area contributed by atoms with Crippen molar-refractivity contribution in [1.82, 2.24) is 0 Å². The first-order chi connectivity index (χ1) is 14.5. The van der Waals surface area contributed by atoms with E-state index in [-0.39, 0.29) is 16.4 Å². The van der Waals surface area contributed by atoms with E-state index in [1.54, 1.807) is 31.2 Å². The third kappa shape index (κ3) is 7.55. The van der Waals surface area contributed by atoms with Gasteiger partial charge in [0.05, 0.1) is 10.1 Å². The summed E-state index contributed by atoms with van der Waals surface area (Å²) in [6, 6.07) is 12.2. The van der Waals surface area contributed by atoms with E-state index in [2.05, 4.69) is 10.6 Å². The summed E-state index contributed by atoms with van der Waals surface area (Å²) in [5.41, 5.74) is 0.840. The second kappa shape index (κ2) is 10.2. The van der Waals surface area contributed by atoms with Crippen LogP contribution in [0.2, 0.25) is 0 Å². The third-order valence-electron chi connectivity index (χ3n) is 3.94. The number of nitrogens with one attached hydrogen (secondary N) is 2. The van der Waals surface area contributed by atoms with Gasteiger partial charge in [0, 0.05) is 27.9 Å². The van der Waals surface area contributed by atoms with Gasteiger partial charge in [-0.2, -0.15) is 0 Å². The quantitative estimate of drug-likeness (QED) is 0.346. The van der Waals surface area contributed by atoms with Crippen molar-refractivity contribution < 1.29 is 27.9 Å². The maximum atomic E-state index is 12.4. The van der Waals surface area contributed by atoms with Crippen LogP contribution >= 0.6 is 11.8 Å². The molecule has 164 valence electrons. The minimum Gasteiger partial charge on any atom is -0.478 e. The summed E-state index contributed by atoms with van der Waals surface area (Å²) in [7, 11) is -3.80. The van der Waals surface area contributed by atoms with E-state index in [9.17, 15) is 22.8 Å². The monoisotopic (exact) mass is 463 g/mol. The second-order valence-electron chi connectivity index (χ2n) is 6.46. The zero-order valence-electron chi connectivity index (χ0n) is 16.7. The van der Waals surface area contributed by atoms with Gasteiger partial charge in [0.25, 0.3) is 0 Å². The molecular formula is C20H21N3O6S2. The van der Waals surface area contributed by atoms with Crippen LogP contribution in [0.25, 0.3) is 0 Å². The number of primary sulfonamides is 1. The van der Waals surface area contributed by atoms with Gasteiger partial charge in [-0.25, -0.2) is 18.4 Å². The molecule has 1 atom stereocenters. The van der Waals surface area contributed by atoms with Crippen molar-refractivity contribution in [1.29, 1.82) is 0 Å². The number of rotatable bonds is 8. The van der Waals surface area contributed by atoms with Gasteiger partial charge in [-0.05, 0) is 62.4 Å². The Labute approximate surface area is 183 Å². The van der Waals surface area contributed by atoms with Crippen molar-refractivity contribution in [3.8, 4) is 0 Å². The smallest absolute Gasteiger partial charge is 0.331 e. The fraction of sp³-hybridized carbons (Fsp3) is 0.150. The molecule has 2 aromatic rings. The van der Waals surface area contributed by atoms with Crippen molar-refractivity contribution in [2.24, 2.45) is 5.14 Å². The highest BCUT2D eigenvalue weighted by molar-refractivity contribution is 8.00. The minimum absolute atomic E-state index is 0.0475. The molecule has 9 nitrogen and oxygen atoms in total. The maximum Gasteiger partial charge on any atom is 0.331 e. The van der Waals surface area contributed by atoms with Crippen LogP contribution in [0.1, 0.15) is 13.8 Å². The van der Waals surface area contributed by atoms with E-state index >= 15 is 0 Å². The van der Waals surface area contributed by atoms with Crippen molar-refractivity contribution >= 4 is 50.9 Å². The zero-order valence-corrected chi connectivity index (χ0v) is 18.3. The van der Waals surface area contributed by atoms with Crippen molar-refractivity contribution in [2.75, 3.05) is 10.6 Å². The normalized spacial score (nSPS) is 12.7. The Hall–Kier alpha value is -3.15. The number of hydrogen-bond donors (Lipinski definition) is 4. The number of carbonyl (C=O) groups is 3. The summed E-state index contributed by atoms with van der Waals surface area (Å²) in [6.45, 7) is 3.04. The predicted molar refractivity (Wildman–Crippen MR) is 118 cm³/mol. The molecule has 0 aromatic heterocycles. The summed E-state index contributed by atoms with van der Waals surface area (Å²) in [5, 5.41) is 18.6. The fourth-order valence-electron chi connectivity index (χ4n) is 2.28. The molecule has 2 aromatic carbocycles. The predicted octanol–water partition coefficient (Wildman–Crippen LogP) is 2.42. The largest absolute Gasteiger partial charge is 0.478 e. The molecule has 0 heterocycles. The SMILES string of the molecule is C/C(=C/C(=O)Nc1ccc(S[C@H](C)C(=O)Nc2ccc(S(N)(=O)=O)cc2)cc1)C(=O)O. The Balaban J connectivity index is 1.93. The average molecular weight is 464 g/mol. The number of carboxylic acids is 1. The van der Waals surface area contributed by atoms with Crippen molar-refractivity contribution in [3.05, 3.63) is 60.2 Å². The number of thioether (sulfide) groups is 1. The van der Waals surface area contributed by atoms with Crippen LogP contribution in [0.3, 0.4) is 0 Å². The molecule has 0 aliphatic heterocycles. The van der Waals surface area contributed by atoms with E-state index < -0.39 is 27.1 Å². The first kappa shape index (κ1) is 24.1. The van der Waals surface area contributed by atoms with Gasteiger partial charge in [0.2, 0.25) is 21.8 Å². The first-order valence-electron chi connectivity index (χ1n) is 8.89. The van der Waals surface area contributed by atoms with Crippen LogP contribution in [0.5, 0.6) is 0 Å². The molecule has 31 heavy (non-hydrogen) atoms. The van der Waals surface area contributed by atoms with Crippen LogP contribution in [0.4, 0.5) is 11.4 Å². The second-order valence-corrected chi connectivity index (χ2v) is 9.44. The summed E-state index contributed by atoms with van der Waals surface area (Å²) >= 11 is 1.29. The molecule has 0 aliphatic carbocycles. The lowest BCUT2D eigenvalue weighted by atomic mass is 10.2. The van der Waals surface area contributed by atoms with E-state index in [1.807, 2.05) is 0 Å². The highest BCUT2D eigenvalue weighted by Gasteiger charge is 2.15. The molecule has 0 fully saturated rings. The topological polar surface area (TPSA) is 156 Å². The number of sulfonamides is 1. The van der Waals surface area contributed by atoms with E-state index in [4.69, 9.17) is 10.2 Å². The van der Waals surface area contributed by atoms with Gasteiger partial charge >= 0.3 is 5.97 Å². The molecular weight excluding hydrogens is 442 g/mol. The van der Waals surface area contributed by atoms with Gasteiger partial charge in [-0.3, -0.25) is 9.59 Å². The highest BCUT2D eigenvalue weighted by atomic mass is 32.2. The standard InChI is InChI=1S/C20H21N3O6S2/c1-12(20(26)27)11-18(24)22-14-3-7-16(8-4-14)30-13(2)19(25)23-15-5-9-17(10-6-15)31(21,28)29/h3-11,13H,1-2H3,(H,22,24)(H,23,25)(H,26,27)(H2,21,28,29)/b12-11-/t13-/m1/s1. The van der Waals surface area contributed by atoms with Crippen LogP contribution in [0, 0.1) is 0 Å². The number of aliphatic carboxylic acids is 1. The van der Waals surface area contributed by atoms with E-state index in [0.29, 0.717) is 11.4 Å². The number of hydrogen-bond acceptors (Lipinski definition) is 6. The van der Waals surface area contributed by atoms with E-state index in [1.165, 1.54) is 43.0 Å². The summed E-state index contributed by atoms with van der Waals surface area (Å²) in [5.74, 6) is -2.00. The van der Waals surface area contributed by atoms with Crippen LogP contribution in [-0.2, 0) is 24.4 Å². The Morgan fingerprint density at radius 3 is 2.03 bits per heavy atom. The molecule has 0 bridgehead atoms. The van der Waals surface area contributed by atoms with Gasteiger partial charge in [-0.1, -0.05) is 0 Å². The summed E-state index contributed by atoms with van der Waals surface area (Å²) < 4.78 is 22.5. The molecule has 0 unspecified atom stereocenters. The minimum atomic E-state index is -3.80. The molecule has 5 N–H and O–H groups in total. The molecule has 0 spiro atoms. The van der Waals surface area contributed by atoms with Crippen molar-refractivity contribution in [2.45, 2.75) is 28.9 Å². The van der Waals surface area contributed by atoms with Crippen LogP contribution in [0.15, 0.2) is 70.0 Å². The Kier molecular flexibility index (Phi) is 7.97. The number of anilines is 2. The number of amides is 2. The summed E-state index contributed by atoms with van der Waals surface area (Å²) in [4.78, 5) is 35.6. The molecule has 0 saturated heterocycles. The molecule has 0 saturated carbocycles. The zero-order chi connectivity index (χ0) is 23.2. The lowest BCUT2D eigenvalue weighted by molar-refractivity contribution is -0.132.